The van der Waals surface area contributed by atoms with Gasteiger partial charge in [0.2, 0.25) is 10.0 Å². The van der Waals surface area contributed by atoms with Gasteiger partial charge in [-0.25, -0.2) is 13.1 Å². The largest absolute Gasteiger partial charge is 0.387 e. The van der Waals surface area contributed by atoms with Crippen molar-refractivity contribution in [1.82, 2.24) is 4.72 Å². The fourth-order valence-corrected chi connectivity index (χ4v) is 3.15. The Morgan fingerprint density at radius 3 is 2.39 bits per heavy atom. The van der Waals surface area contributed by atoms with Gasteiger partial charge in [-0.3, -0.25) is 0 Å². The van der Waals surface area contributed by atoms with Crippen molar-refractivity contribution in [3.05, 3.63) is 71.1 Å². The van der Waals surface area contributed by atoms with Gasteiger partial charge in [0.25, 0.3) is 0 Å². The first-order chi connectivity index (χ1) is 11.0. The average molecular weight is 349 g/mol. The van der Waals surface area contributed by atoms with E-state index in [1.165, 1.54) is 6.08 Å². The summed E-state index contributed by atoms with van der Waals surface area (Å²) in [5.41, 5.74) is 1.48. The van der Waals surface area contributed by atoms with Crippen molar-refractivity contribution in [3.63, 3.8) is 0 Å². The Hall–Kier alpha value is -1.60. The lowest BCUT2D eigenvalue weighted by Crippen LogP contribution is -2.26. The van der Waals surface area contributed by atoms with Gasteiger partial charge in [-0.2, -0.15) is 0 Å². The van der Waals surface area contributed by atoms with E-state index in [4.69, 9.17) is 0 Å². The maximum Gasteiger partial charge on any atom is 0.233 e. The highest BCUT2D eigenvalue weighted by Crippen LogP contribution is 2.18. The zero-order chi connectivity index (χ0) is 16.7. The molecule has 0 spiro atoms. The van der Waals surface area contributed by atoms with Crippen LogP contribution in [0.4, 0.5) is 0 Å². The minimum Gasteiger partial charge on any atom is -0.387 e. The first kappa shape index (κ1) is 17.7. The molecular formula is C17H19NO3S2. The molecule has 0 aliphatic heterocycles. The number of rotatable bonds is 7. The van der Waals surface area contributed by atoms with Crippen molar-refractivity contribution in [1.29, 1.82) is 0 Å². The van der Waals surface area contributed by atoms with E-state index in [0.29, 0.717) is 5.56 Å². The fraction of sp³-hybridized carbons (Fsp3) is 0.176. The van der Waals surface area contributed by atoms with Crippen molar-refractivity contribution >= 4 is 27.9 Å². The van der Waals surface area contributed by atoms with Gasteiger partial charge in [-0.1, -0.05) is 42.5 Å². The summed E-state index contributed by atoms with van der Waals surface area (Å²) < 4.78 is 26.2. The van der Waals surface area contributed by atoms with Crippen LogP contribution in [0.3, 0.4) is 0 Å². The summed E-state index contributed by atoms with van der Waals surface area (Å²) in [7, 11) is -3.59. The number of sulfonamides is 1. The fourth-order valence-electron chi connectivity index (χ4n) is 1.92. The van der Waals surface area contributed by atoms with Gasteiger partial charge in [0.05, 0.1) is 6.10 Å². The molecule has 0 aliphatic carbocycles. The maximum atomic E-state index is 11.9. The van der Waals surface area contributed by atoms with Crippen LogP contribution in [0.5, 0.6) is 0 Å². The Morgan fingerprint density at radius 1 is 1.13 bits per heavy atom. The molecule has 0 heterocycles. The van der Waals surface area contributed by atoms with Crippen LogP contribution in [0.2, 0.25) is 0 Å². The first-order valence-electron chi connectivity index (χ1n) is 7.05. The number of aliphatic hydroxyl groups is 1. The SMILES string of the molecule is CSc1ccc(C(O)CNS(=O)(=O)/C=C/c2ccccc2)cc1. The smallest absolute Gasteiger partial charge is 0.233 e. The highest BCUT2D eigenvalue weighted by molar-refractivity contribution is 7.98. The molecule has 2 N–H and O–H groups in total. The molecule has 0 saturated heterocycles. The van der Waals surface area contributed by atoms with E-state index in [1.54, 1.807) is 23.9 Å². The second kappa shape index (κ2) is 8.31. The molecule has 0 radical (unpaired) electrons. The predicted octanol–water partition coefficient (Wildman–Crippen LogP) is 3.03. The molecule has 1 unspecified atom stereocenters. The molecule has 4 nitrogen and oxygen atoms in total. The highest BCUT2D eigenvalue weighted by atomic mass is 32.2. The van der Waals surface area contributed by atoms with Crippen LogP contribution in [0.15, 0.2) is 64.9 Å². The van der Waals surface area contributed by atoms with E-state index in [2.05, 4.69) is 4.72 Å². The lowest BCUT2D eigenvalue weighted by Gasteiger charge is -2.11. The van der Waals surface area contributed by atoms with Gasteiger partial charge in [0, 0.05) is 16.8 Å². The molecule has 2 aromatic carbocycles. The summed E-state index contributed by atoms with van der Waals surface area (Å²) in [6, 6.07) is 16.5. The second-order valence-corrected chi connectivity index (χ2v) is 7.43. The van der Waals surface area contributed by atoms with Crippen LogP contribution in [-0.4, -0.2) is 26.3 Å². The summed E-state index contributed by atoms with van der Waals surface area (Å²) in [4.78, 5) is 1.09. The van der Waals surface area contributed by atoms with E-state index >= 15 is 0 Å². The number of hydrogen-bond acceptors (Lipinski definition) is 4. The number of nitrogens with one attached hydrogen (secondary N) is 1. The lowest BCUT2D eigenvalue weighted by molar-refractivity contribution is 0.182. The third-order valence-electron chi connectivity index (χ3n) is 3.22. The van der Waals surface area contributed by atoms with E-state index in [9.17, 15) is 13.5 Å². The normalized spacial score (nSPS) is 13.3. The quantitative estimate of drug-likeness (QED) is 0.754. The third kappa shape index (κ3) is 5.84. The monoisotopic (exact) mass is 349 g/mol. The van der Waals surface area contributed by atoms with Crippen molar-refractivity contribution in [2.24, 2.45) is 0 Å². The van der Waals surface area contributed by atoms with Crippen molar-refractivity contribution in [3.8, 4) is 0 Å². The Balaban J connectivity index is 1.94. The van der Waals surface area contributed by atoms with Crippen LogP contribution in [0, 0.1) is 0 Å². The summed E-state index contributed by atoms with van der Waals surface area (Å²) in [5.74, 6) is 0. The molecule has 122 valence electrons. The predicted molar refractivity (Wildman–Crippen MR) is 95.6 cm³/mol. The highest BCUT2D eigenvalue weighted by Gasteiger charge is 2.11. The third-order valence-corrected chi connectivity index (χ3v) is 5.02. The zero-order valence-corrected chi connectivity index (χ0v) is 14.3. The molecule has 6 heteroatoms. The molecule has 0 saturated carbocycles. The molecule has 0 aliphatic rings. The van der Waals surface area contributed by atoms with E-state index in [1.807, 2.05) is 48.7 Å². The molecule has 0 fully saturated rings. The van der Waals surface area contributed by atoms with Crippen molar-refractivity contribution in [2.75, 3.05) is 12.8 Å². The van der Waals surface area contributed by atoms with Gasteiger partial charge in [-0.05, 0) is 35.6 Å². The van der Waals surface area contributed by atoms with Crippen molar-refractivity contribution < 1.29 is 13.5 Å². The minimum atomic E-state index is -3.59. The number of aliphatic hydroxyl groups excluding tert-OH is 1. The molecule has 23 heavy (non-hydrogen) atoms. The second-order valence-electron chi connectivity index (χ2n) is 4.90. The average Bonchev–Trinajstić information content (AvgIpc) is 2.59. The summed E-state index contributed by atoms with van der Waals surface area (Å²) in [6.07, 6.45) is 2.60. The van der Waals surface area contributed by atoms with Crippen LogP contribution in [-0.2, 0) is 10.0 Å². The molecule has 2 rings (SSSR count). The van der Waals surface area contributed by atoms with E-state index < -0.39 is 16.1 Å². The topological polar surface area (TPSA) is 66.4 Å². The van der Waals surface area contributed by atoms with Gasteiger partial charge in [0.1, 0.15) is 0 Å². The van der Waals surface area contributed by atoms with Crippen LogP contribution in [0.1, 0.15) is 17.2 Å². The van der Waals surface area contributed by atoms with Gasteiger partial charge in [-0.15, -0.1) is 11.8 Å². The Kier molecular flexibility index (Phi) is 6.41. The van der Waals surface area contributed by atoms with Crippen LogP contribution < -0.4 is 4.72 Å². The number of benzene rings is 2. The number of thioether (sulfide) groups is 1. The molecule has 0 amide bonds. The minimum absolute atomic E-state index is 0.0694. The van der Waals surface area contributed by atoms with E-state index in [0.717, 1.165) is 15.9 Å². The van der Waals surface area contributed by atoms with Crippen molar-refractivity contribution in [2.45, 2.75) is 11.0 Å². The maximum absolute atomic E-state index is 11.9. The Bertz CT molecular complexity index is 741. The Labute approximate surface area is 141 Å². The summed E-state index contributed by atoms with van der Waals surface area (Å²) in [5, 5.41) is 11.2. The number of hydrogen-bond donors (Lipinski definition) is 2. The van der Waals surface area contributed by atoms with Crippen LogP contribution in [0.25, 0.3) is 6.08 Å². The molecule has 0 aromatic heterocycles. The Morgan fingerprint density at radius 2 is 1.78 bits per heavy atom. The van der Waals surface area contributed by atoms with Crippen LogP contribution >= 0.6 is 11.8 Å². The summed E-state index contributed by atoms with van der Waals surface area (Å²) in [6.45, 7) is -0.0694. The molecule has 1 atom stereocenters. The van der Waals surface area contributed by atoms with Gasteiger partial charge < -0.3 is 5.11 Å². The van der Waals surface area contributed by atoms with E-state index in [-0.39, 0.29) is 6.54 Å². The lowest BCUT2D eigenvalue weighted by atomic mass is 10.1. The van der Waals surface area contributed by atoms with Gasteiger partial charge >= 0.3 is 0 Å². The summed E-state index contributed by atoms with van der Waals surface area (Å²) >= 11 is 1.61. The molecule has 0 bridgehead atoms. The van der Waals surface area contributed by atoms with Gasteiger partial charge in [0.15, 0.2) is 0 Å². The molecule has 2 aromatic rings. The first-order valence-corrected chi connectivity index (χ1v) is 9.82. The standard InChI is InChI=1S/C17H19NO3S2/c1-22-16-9-7-15(8-10-16)17(19)13-18-23(20,21)12-11-14-5-3-2-4-6-14/h2-12,17-19H,13H2,1H3/b12-11+. The molecular weight excluding hydrogens is 330 g/mol. The zero-order valence-electron chi connectivity index (χ0n) is 12.7.